The van der Waals surface area contributed by atoms with E-state index in [9.17, 15) is 0 Å². The highest BCUT2D eigenvalue weighted by molar-refractivity contribution is 7.98. The number of anilines is 2. The minimum absolute atomic E-state index is 0.0330. The summed E-state index contributed by atoms with van der Waals surface area (Å²) in [5.74, 6) is 1.31. The van der Waals surface area contributed by atoms with Crippen LogP contribution in [0.15, 0.2) is 11.2 Å². The zero-order chi connectivity index (χ0) is 12.2. The second-order valence-electron chi connectivity index (χ2n) is 4.42. The molecule has 0 radical (unpaired) electrons. The third-order valence-corrected chi connectivity index (χ3v) is 2.80. The Morgan fingerprint density at radius 1 is 1.44 bits per heavy atom. The maximum Gasteiger partial charge on any atom is 0.191 e. The molecule has 90 valence electrons. The number of hydrogen-bond donors (Lipinski definition) is 2. The van der Waals surface area contributed by atoms with Crippen LogP contribution < -0.4 is 11.1 Å². The van der Waals surface area contributed by atoms with E-state index in [4.69, 9.17) is 5.73 Å². The fraction of sp³-hybridized carbons (Fsp3) is 0.636. The second kappa shape index (κ2) is 5.39. The number of hydrogen-bond acceptors (Lipinski definition) is 5. The first-order valence-corrected chi connectivity index (χ1v) is 6.66. The van der Waals surface area contributed by atoms with Crippen LogP contribution in [0.1, 0.15) is 33.6 Å². The van der Waals surface area contributed by atoms with E-state index in [0.29, 0.717) is 11.0 Å². The zero-order valence-electron chi connectivity index (χ0n) is 10.4. The fourth-order valence-electron chi connectivity index (χ4n) is 1.63. The lowest BCUT2D eigenvalue weighted by molar-refractivity contribution is 0.508. The number of nitrogens with one attached hydrogen (secondary N) is 1. The Kier molecular flexibility index (Phi) is 4.41. The summed E-state index contributed by atoms with van der Waals surface area (Å²) in [6, 6.07) is 1.77. The molecule has 0 amide bonds. The van der Waals surface area contributed by atoms with Crippen LogP contribution >= 0.6 is 11.8 Å². The van der Waals surface area contributed by atoms with Gasteiger partial charge in [0.2, 0.25) is 0 Å². The topological polar surface area (TPSA) is 63.8 Å². The van der Waals surface area contributed by atoms with Gasteiger partial charge >= 0.3 is 0 Å². The standard InChI is InChI=1S/C11H20N4S/c1-5-6-11(2,3)15-9-7-8(12)13-10(14-9)16-4/h7H,5-6H2,1-4H3,(H3,12,13,14,15). The molecule has 0 aliphatic carbocycles. The normalized spacial score (nSPS) is 11.5. The van der Waals surface area contributed by atoms with Gasteiger partial charge in [-0.15, -0.1) is 0 Å². The van der Waals surface area contributed by atoms with Gasteiger partial charge in [-0.25, -0.2) is 9.97 Å². The molecule has 1 rings (SSSR count). The molecule has 0 aromatic carbocycles. The van der Waals surface area contributed by atoms with E-state index in [2.05, 4.69) is 36.1 Å². The number of nitrogens with zero attached hydrogens (tertiary/aromatic N) is 2. The largest absolute Gasteiger partial charge is 0.383 e. The minimum Gasteiger partial charge on any atom is -0.383 e. The van der Waals surface area contributed by atoms with Gasteiger partial charge in [0.15, 0.2) is 5.16 Å². The van der Waals surface area contributed by atoms with E-state index in [1.54, 1.807) is 6.07 Å². The minimum atomic E-state index is 0.0330. The third-order valence-electron chi connectivity index (χ3n) is 2.25. The van der Waals surface area contributed by atoms with Crippen LogP contribution in [0.4, 0.5) is 11.6 Å². The van der Waals surface area contributed by atoms with Crippen LogP contribution in [0, 0.1) is 0 Å². The molecule has 0 fully saturated rings. The van der Waals surface area contributed by atoms with Crippen molar-refractivity contribution >= 4 is 23.4 Å². The van der Waals surface area contributed by atoms with Gasteiger partial charge in [-0.2, -0.15) is 0 Å². The molecule has 1 aromatic heterocycles. The van der Waals surface area contributed by atoms with Crippen molar-refractivity contribution in [3.05, 3.63) is 6.07 Å². The molecular weight excluding hydrogens is 220 g/mol. The summed E-state index contributed by atoms with van der Waals surface area (Å²) >= 11 is 1.49. The van der Waals surface area contributed by atoms with Gasteiger partial charge in [-0.05, 0) is 26.5 Å². The van der Waals surface area contributed by atoms with Crippen LogP contribution in [0.3, 0.4) is 0 Å². The number of rotatable bonds is 5. The Morgan fingerprint density at radius 2 is 2.12 bits per heavy atom. The van der Waals surface area contributed by atoms with Crippen molar-refractivity contribution in [2.75, 3.05) is 17.3 Å². The van der Waals surface area contributed by atoms with Gasteiger partial charge in [0, 0.05) is 11.6 Å². The molecule has 5 heteroatoms. The van der Waals surface area contributed by atoms with Gasteiger partial charge < -0.3 is 11.1 Å². The average Bonchev–Trinajstić information content (AvgIpc) is 2.15. The first kappa shape index (κ1) is 13.1. The third kappa shape index (κ3) is 3.89. The predicted octanol–water partition coefficient (Wildman–Crippen LogP) is 2.77. The Balaban J connectivity index is 2.84. The van der Waals surface area contributed by atoms with Crippen LogP contribution in [-0.2, 0) is 0 Å². The highest BCUT2D eigenvalue weighted by Gasteiger charge is 2.17. The molecule has 0 saturated heterocycles. The van der Waals surface area contributed by atoms with Gasteiger partial charge in [0.1, 0.15) is 11.6 Å². The quantitative estimate of drug-likeness (QED) is 0.612. The van der Waals surface area contributed by atoms with Crippen molar-refractivity contribution in [1.29, 1.82) is 0 Å². The highest BCUT2D eigenvalue weighted by Crippen LogP contribution is 2.21. The summed E-state index contributed by atoms with van der Waals surface area (Å²) in [5, 5.41) is 4.09. The van der Waals surface area contributed by atoms with Crippen LogP contribution in [0.5, 0.6) is 0 Å². The van der Waals surface area contributed by atoms with E-state index >= 15 is 0 Å². The summed E-state index contributed by atoms with van der Waals surface area (Å²) < 4.78 is 0. The smallest absolute Gasteiger partial charge is 0.191 e. The Hall–Kier alpha value is -0.970. The van der Waals surface area contributed by atoms with Crippen molar-refractivity contribution in [1.82, 2.24) is 9.97 Å². The number of aromatic nitrogens is 2. The van der Waals surface area contributed by atoms with Gasteiger partial charge in [-0.3, -0.25) is 0 Å². The molecule has 1 aromatic rings. The van der Waals surface area contributed by atoms with E-state index < -0.39 is 0 Å². The van der Waals surface area contributed by atoms with Crippen LogP contribution in [0.2, 0.25) is 0 Å². The summed E-state index contributed by atoms with van der Waals surface area (Å²) in [4.78, 5) is 8.50. The van der Waals surface area contributed by atoms with E-state index in [1.807, 2.05) is 6.26 Å². The monoisotopic (exact) mass is 240 g/mol. The lowest BCUT2D eigenvalue weighted by Crippen LogP contribution is -2.31. The molecule has 0 aliphatic rings. The average molecular weight is 240 g/mol. The lowest BCUT2D eigenvalue weighted by Gasteiger charge is -2.26. The molecule has 0 saturated carbocycles. The molecule has 3 N–H and O–H groups in total. The molecule has 1 heterocycles. The summed E-state index contributed by atoms with van der Waals surface area (Å²) in [5.41, 5.74) is 5.76. The number of nitrogen functional groups attached to an aromatic ring is 1. The SMILES string of the molecule is CCCC(C)(C)Nc1cc(N)nc(SC)n1. The van der Waals surface area contributed by atoms with Gasteiger partial charge in [0.25, 0.3) is 0 Å². The molecule has 0 spiro atoms. The molecule has 0 aliphatic heterocycles. The van der Waals surface area contributed by atoms with E-state index in [0.717, 1.165) is 18.7 Å². The van der Waals surface area contributed by atoms with Crippen molar-refractivity contribution in [3.8, 4) is 0 Å². The highest BCUT2D eigenvalue weighted by atomic mass is 32.2. The van der Waals surface area contributed by atoms with Crippen LogP contribution in [-0.4, -0.2) is 21.8 Å². The van der Waals surface area contributed by atoms with Crippen LogP contribution in [0.25, 0.3) is 0 Å². The molecule has 0 atom stereocenters. The number of nitrogens with two attached hydrogens (primary N) is 1. The number of thioether (sulfide) groups is 1. The van der Waals surface area contributed by atoms with Crippen molar-refractivity contribution < 1.29 is 0 Å². The molecule has 0 unspecified atom stereocenters. The summed E-state index contributed by atoms with van der Waals surface area (Å²) in [6.07, 6.45) is 4.16. The zero-order valence-corrected chi connectivity index (χ0v) is 11.2. The Labute approximate surface area is 101 Å². The van der Waals surface area contributed by atoms with E-state index in [-0.39, 0.29) is 5.54 Å². The second-order valence-corrected chi connectivity index (χ2v) is 5.20. The lowest BCUT2D eigenvalue weighted by atomic mass is 9.99. The van der Waals surface area contributed by atoms with Gasteiger partial charge in [0.05, 0.1) is 0 Å². The van der Waals surface area contributed by atoms with Crippen molar-refractivity contribution in [2.24, 2.45) is 0 Å². The first-order chi connectivity index (χ1) is 7.46. The molecule has 0 bridgehead atoms. The Bertz CT molecular complexity index is 352. The summed E-state index contributed by atoms with van der Waals surface area (Å²) in [7, 11) is 0. The van der Waals surface area contributed by atoms with E-state index in [1.165, 1.54) is 11.8 Å². The predicted molar refractivity (Wildman–Crippen MR) is 70.8 cm³/mol. The summed E-state index contributed by atoms with van der Waals surface area (Å²) in [6.45, 7) is 6.49. The maximum absolute atomic E-state index is 5.72. The maximum atomic E-state index is 5.72. The van der Waals surface area contributed by atoms with Crippen molar-refractivity contribution in [3.63, 3.8) is 0 Å². The fourth-order valence-corrected chi connectivity index (χ4v) is 2.02. The first-order valence-electron chi connectivity index (χ1n) is 5.43. The Morgan fingerprint density at radius 3 is 2.69 bits per heavy atom. The molecule has 4 nitrogen and oxygen atoms in total. The van der Waals surface area contributed by atoms with Crippen molar-refractivity contribution in [2.45, 2.75) is 44.3 Å². The van der Waals surface area contributed by atoms with Gasteiger partial charge in [-0.1, -0.05) is 25.1 Å². The molecular formula is C11H20N4S. The molecule has 16 heavy (non-hydrogen) atoms.